The first-order chi connectivity index (χ1) is 7.10. The highest BCUT2D eigenvalue weighted by Crippen LogP contribution is 2.21. The van der Waals surface area contributed by atoms with Gasteiger partial charge in [0.05, 0.1) is 6.10 Å². The van der Waals surface area contributed by atoms with Gasteiger partial charge in [-0.3, -0.25) is 4.79 Å². The third-order valence-corrected chi connectivity index (χ3v) is 2.35. The van der Waals surface area contributed by atoms with Crippen molar-refractivity contribution < 1.29 is 15.0 Å². The first-order valence-corrected chi connectivity index (χ1v) is 4.72. The van der Waals surface area contributed by atoms with Crippen LogP contribution < -0.4 is 5.73 Å². The Morgan fingerprint density at radius 3 is 2.60 bits per heavy atom. The third kappa shape index (κ3) is 2.62. The monoisotopic (exact) mass is 209 g/mol. The maximum Gasteiger partial charge on any atom is 0.150 e. The second-order valence-electron chi connectivity index (χ2n) is 3.48. The van der Waals surface area contributed by atoms with E-state index in [-0.39, 0.29) is 6.54 Å². The van der Waals surface area contributed by atoms with Crippen LogP contribution in [0.2, 0.25) is 0 Å². The molecule has 4 nitrogen and oxygen atoms in total. The molecule has 1 aromatic carbocycles. The fraction of sp³-hybridized carbons (Fsp3) is 0.364. The molecule has 2 unspecified atom stereocenters. The predicted octanol–water partition coefficient (Wildman–Crippen LogP) is 0.161. The first-order valence-electron chi connectivity index (χ1n) is 4.72. The third-order valence-electron chi connectivity index (χ3n) is 2.35. The summed E-state index contributed by atoms with van der Waals surface area (Å²) in [5.41, 5.74) is 7.16. The van der Waals surface area contributed by atoms with E-state index >= 15 is 0 Å². The van der Waals surface area contributed by atoms with Crippen molar-refractivity contribution in [2.24, 2.45) is 5.73 Å². The SMILES string of the molecule is Cc1cc(C=O)ccc1C(O)C(O)CN. The van der Waals surface area contributed by atoms with Crippen LogP contribution in [0.3, 0.4) is 0 Å². The van der Waals surface area contributed by atoms with Gasteiger partial charge < -0.3 is 15.9 Å². The lowest BCUT2D eigenvalue weighted by Gasteiger charge is -2.18. The number of rotatable bonds is 4. The fourth-order valence-electron chi connectivity index (χ4n) is 1.44. The van der Waals surface area contributed by atoms with Crippen molar-refractivity contribution in [2.75, 3.05) is 6.54 Å². The van der Waals surface area contributed by atoms with Crippen LogP contribution in [0.1, 0.15) is 27.6 Å². The molecule has 15 heavy (non-hydrogen) atoms. The number of hydrogen-bond acceptors (Lipinski definition) is 4. The van der Waals surface area contributed by atoms with E-state index in [9.17, 15) is 15.0 Å². The Morgan fingerprint density at radius 1 is 1.47 bits per heavy atom. The Hall–Kier alpha value is -1.23. The summed E-state index contributed by atoms with van der Waals surface area (Å²) in [5, 5.41) is 19.1. The van der Waals surface area contributed by atoms with E-state index in [2.05, 4.69) is 0 Å². The number of aliphatic hydroxyl groups excluding tert-OH is 2. The summed E-state index contributed by atoms with van der Waals surface area (Å²) in [6.45, 7) is 1.77. The molecule has 0 aromatic heterocycles. The zero-order valence-corrected chi connectivity index (χ0v) is 8.55. The molecular weight excluding hydrogens is 194 g/mol. The topological polar surface area (TPSA) is 83.5 Å². The largest absolute Gasteiger partial charge is 0.389 e. The number of aliphatic hydroxyl groups is 2. The summed E-state index contributed by atoms with van der Waals surface area (Å²) >= 11 is 0. The molecule has 0 spiro atoms. The zero-order chi connectivity index (χ0) is 11.4. The normalized spacial score (nSPS) is 14.7. The predicted molar refractivity (Wildman–Crippen MR) is 56.6 cm³/mol. The van der Waals surface area contributed by atoms with Gasteiger partial charge in [-0.15, -0.1) is 0 Å². The molecule has 1 aromatic rings. The average molecular weight is 209 g/mol. The van der Waals surface area contributed by atoms with Gasteiger partial charge >= 0.3 is 0 Å². The van der Waals surface area contributed by atoms with Gasteiger partial charge in [0.2, 0.25) is 0 Å². The van der Waals surface area contributed by atoms with Gasteiger partial charge in [0.1, 0.15) is 12.4 Å². The van der Waals surface area contributed by atoms with E-state index in [1.54, 1.807) is 25.1 Å². The van der Waals surface area contributed by atoms with Crippen LogP contribution >= 0.6 is 0 Å². The summed E-state index contributed by atoms with van der Waals surface area (Å²) in [4.78, 5) is 10.5. The van der Waals surface area contributed by atoms with E-state index in [0.29, 0.717) is 11.1 Å². The minimum Gasteiger partial charge on any atom is -0.389 e. The molecule has 2 atom stereocenters. The maximum absolute atomic E-state index is 10.5. The Morgan fingerprint density at radius 2 is 2.13 bits per heavy atom. The number of hydrogen-bond donors (Lipinski definition) is 3. The van der Waals surface area contributed by atoms with E-state index in [0.717, 1.165) is 11.8 Å². The highest BCUT2D eigenvalue weighted by Gasteiger charge is 2.18. The second kappa shape index (κ2) is 5.02. The quantitative estimate of drug-likeness (QED) is 0.617. The molecule has 4 N–H and O–H groups in total. The van der Waals surface area contributed by atoms with Gasteiger partial charge in [0, 0.05) is 12.1 Å². The van der Waals surface area contributed by atoms with Gasteiger partial charge in [-0.2, -0.15) is 0 Å². The zero-order valence-electron chi connectivity index (χ0n) is 8.55. The number of benzene rings is 1. The van der Waals surface area contributed by atoms with Gasteiger partial charge in [0.15, 0.2) is 0 Å². The number of aryl methyl sites for hydroxylation is 1. The number of nitrogens with two attached hydrogens (primary N) is 1. The summed E-state index contributed by atoms with van der Waals surface area (Å²) < 4.78 is 0. The molecule has 0 aliphatic carbocycles. The van der Waals surface area contributed by atoms with E-state index in [1.165, 1.54) is 0 Å². The summed E-state index contributed by atoms with van der Waals surface area (Å²) in [7, 11) is 0. The molecule has 0 fully saturated rings. The van der Waals surface area contributed by atoms with Crippen LogP contribution in [0, 0.1) is 6.92 Å². The Bertz CT molecular complexity index is 352. The van der Waals surface area contributed by atoms with Crippen LogP contribution in [-0.2, 0) is 0 Å². The maximum atomic E-state index is 10.5. The Kier molecular flexibility index (Phi) is 3.96. The minimum absolute atomic E-state index is 0.00393. The summed E-state index contributed by atoms with van der Waals surface area (Å²) in [5.74, 6) is 0. The van der Waals surface area contributed by atoms with Crippen LogP contribution in [-0.4, -0.2) is 29.1 Å². The highest BCUT2D eigenvalue weighted by atomic mass is 16.3. The number of carbonyl (C=O) groups is 1. The van der Waals surface area contributed by atoms with Gasteiger partial charge in [0.25, 0.3) is 0 Å². The molecule has 0 bridgehead atoms. The van der Waals surface area contributed by atoms with Crippen molar-refractivity contribution in [1.82, 2.24) is 0 Å². The van der Waals surface area contributed by atoms with E-state index in [4.69, 9.17) is 5.73 Å². The van der Waals surface area contributed by atoms with Crippen molar-refractivity contribution >= 4 is 6.29 Å². The molecule has 0 heterocycles. The van der Waals surface area contributed by atoms with Gasteiger partial charge in [-0.1, -0.05) is 12.1 Å². The lowest BCUT2D eigenvalue weighted by molar-refractivity contribution is 0.0239. The van der Waals surface area contributed by atoms with Crippen LogP contribution in [0.4, 0.5) is 0 Å². The highest BCUT2D eigenvalue weighted by molar-refractivity contribution is 5.75. The molecule has 1 rings (SSSR count). The summed E-state index contributed by atoms with van der Waals surface area (Å²) in [6.07, 6.45) is -1.25. The summed E-state index contributed by atoms with van der Waals surface area (Å²) in [6, 6.07) is 4.89. The van der Waals surface area contributed by atoms with Crippen LogP contribution in [0.25, 0.3) is 0 Å². The molecule has 4 heteroatoms. The number of carbonyl (C=O) groups excluding carboxylic acids is 1. The van der Waals surface area contributed by atoms with Crippen molar-refractivity contribution in [2.45, 2.75) is 19.1 Å². The van der Waals surface area contributed by atoms with Crippen molar-refractivity contribution in [1.29, 1.82) is 0 Å². The minimum atomic E-state index is -1.00. The average Bonchev–Trinajstić information content (AvgIpc) is 2.26. The fourth-order valence-corrected chi connectivity index (χ4v) is 1.44. The Balaban J connectivity index is 2.99. The molecular formula is C11H15NO3. The molecule has 0 saturated carbocycles. The molecule has 82 valence electrons. The van der Waals surface area contributed by atoms with E-state index in [1.807, 2.05) is 0 Å². The van der Waals surface area contributed by atoms with Crippen molar-refractivity contribution in [3.05, 3.63) is 34.9 Å². The molecule has 0 aliphatic rings. The molecule has 0 saturated heterocycles. The van der Waals surface area contributed by atoms with Crippen molar-refractivity contribution in [3.63, 3.8) is 0 Å². The van der Waals surface area contributed by atoms with Crippen LogP contribution in [0.15, 0.2) is 18.2 Å². The lowest BCUT2D eigenvalue weighted by Crippen LogP contribution is -2.27. The first kappa shape index (κ1) is 11.8. The molecule has 0 aliphatic heterocycles. The van der Waals surface area contributed by atoms with Crippen molar-refractivity contribution in [3.8, 4) is 0 Å². The smallest absolute Gasteiger partial charge is 0.150 e. The lowest BCUT2D eigenvalue weighted by atomic mass is 9.98. The van der Waals surface area contributed by atoms with Crippen LogP contribution in [0.5, 0.6) is 0 Å². The number of aldehydes is 1. The standard InChI is InChI=1S/C11H15NO3/c1-7-4-8(6-13)2-3-9(7)11(15)10(14)5-12/h2-4,6,10-11,14-15H,5,12H2,1H3. The van der Waals surface area contributed by atoms with E-state index < -0.39 is 12.2 Å². The van der Waals surface area contributed by atoms with Gasteiger partial charge in [-0.25, -0.2) is 0 Å². The molecule has 0 radical (unpaired) electrons. The molecule has 0 amide bonds. The Labute approximate surface area is 88.3 Å². The second-order valence-corrected chi connectivity index (χ2v) is 3.48. The van der Waals surface area contributed by atoms with Gasteiger partial charge in [-0.05, 0) is 24.1 Å².